The van der Waals surface area contributed by atoms with Gasteiger partial charge in [-0.2, -0.15) is 18.2 Å². The van der Waals surface area contributed by atoms with E-state index in [1.54, 1.807) is 12.1 Å². The Hall–Kier alpha value is -3.51. The van der Waals surface area contributed by atoms with E-state index >= 15 is 0 Å². The number of hydroxylamine groups is 2. The van der Waals surface area contributed by atoms with Gasteiger partial charge in [-0.05, 0) is 29.8 Å². The number of nitrogens with one attached hydrogen (secondary N) is 1. The Bertz CT molecular complexity index is 933. The maximum absolute atomic E-state index is 13.0. The molecule has 6 nitrogen and oxygen atoms in total. The zero-order valence-corrected chi connectivity index (χ0v) is 14.5. The van der Waals surface area contributed by atoms with Crippen molar-refractivity contribution in [3.05, 3.63) is 70.8 Å². The number of hydrogen-bond acceptors (Lipinski definition) is 3. The molecule has 0 spiro atoms. The number of benzene rings is 2. The number of halogens is 3. The van der Waals surface area contributed by atoms with E-state index in [1.807, 2.05) is 0 Å². The maximum atomic E-state index is 13.0. The number of primary amides is 1. The second kappa shape index (κ2) is 8.92. The normalized spacial score (nSPS) is 10.6. The van der Waals surface area contributed by atoms with Gasteiger partial charge in [-0.1, -0.05) is 36.1 Å². The van der Waals surface area contributed by atoms with Gasteiger partial charge < -0.3 is 11.1 Å². The predicted molar refractivity (Wildman–Crippen MR) is 94.0 cm³/mol. The Kier molecular flexibility index (Phi) is 6.63. The van der Waals surface area contributed by atoms with Gasteiger partial charge in [-0.15, -0.1) is 0 Å². The van der Waals surface area contributed by atoms with Crippen LogP contribution in [0.15, 0.2) is 48.5 Å². The molecule has 0 saturated heterocycles. The van der Waals surface area contributed by atoms with E-state index < -0.39 is 23.7 Å². The van der Waals surface area contributed by atoms with Crippen molar-refractivity contribution in [1.82, 2.24) is 10.4 Å². The topological polar surface area (TPSA) is 95.7 Å². The summed E-state index contributed by atoms with van der Waals surface area (Å²) in [5.41, 5.74) is 4.61. The first-order chi connectivity index (χ1) is 13.2. The summed E-state index contributed by atoms with van der Waals surface area (Å²) in [6, 6.07) is 10.00. The molecule has 0 atom stereocenters. The van der Waals surface area contributed by atoms with E-state index in [0.29, 0.717) is 5.56 Å². The summed E-state index contributed by atoms with van der Waals surface area (Å²) in [6.45, 7) is -0.609. The summed E-state index contributed by atoms with van der Waals surface area (Å²) in [5.74, 6) is 4.57. The average Bonchev–Trinajstić information content (AvgIpc) is 2.65. The van der Waals surface area contributed by atoms with Crippen LogP contribution < -0.4 is 11.1 Å². The summed E-state index contributed by atoms with van der Waals surface area (Å²) in [6.07, 6.45) is -4.51. The number of carbonyl (C=O) groups excluding carboxylic acids is 2. The number of amides is 3. The molecular weight excluding hydrogens is 375 g/mol. The smallest absolute Gasteiger partial charge is 0.350 e. The molecule has 146 valence electrons. The zero-order chi connectivity index (χ0) is 20.7. The Morgan fingerprint density at radius 2 is 1.86 bits per heavy atom. The molecular formula is C19H16F3N3O3. The van der Waals surface area contributed by atoms with Crippen molar-refractivity contribution in [2.24, 2.45) is 5.73 Å². The summed E-state index contributed by atoms with van der Waals surface area (Å²) < 4.78 is 39.0. The molecule has 28 heavy (non-hydrogen) atoms. The average molecular weight is 391 g/mol. The maximum Gasteiger partial charge on any atom is 0.416 e. The fourth-order valence-electron chi connectivity index (χ4n) is 2.26. The fourth-order valence-corrected chi connectivity index (χ4v) is 2.26. The molecule has 0 saturated carbocycles. The Balaban J connectivity index is 2.07. The van der Waals surface area contributed by atoms with Gasteiger partial charge in [0.25, 0.3) is 5.91 Å². The summed E-state index contributed by atoms with van der Waals surface area (Å²) in [5, 5.41) is 11.8. The van der Waals surface area contributed by atoms with Crippen LogP contribution in [-0.2, 0) is 12.7 Å². The van der Waals surface area contributed by atoms with Crippen LogP contribution >= 0.6 is 0 Å². The molecule has 2 aromatic rings. The van der Waals surface area contributed by atoms with Crippen molar-refractivity contribution in [3.63, 3.8) is 0 Å². The quantitative estimate of drug-likeness (QED) is 0.425. The van der Waals surface area contributed by atoms with Crippen molar-refractivity contribution in [2.75, 3.05) is 6.54 Å². The summed E-state index contributed by atoms with van der Waals surface area (Å²) >= 11 is 0. The van der Waals surface area contributed by atoms with Crippen LogP contribution in [0, 0.1) is 11.8 Å². The first-order valence-corrected chi connectivity index (χ1v) is 7.96. The van der Waals surface area contributed by atoms with Gasteiger partial charge in [-0.3, -0.25) is 10.0 Å². The molecule has 0 bridgehead atoms. The van der Waals surface area contributed by atoms with Crippen LogP contribution in [0.5, 0.6) is 0 Å². The van der Waals surface area contributed by atoms with E-state index in [4.69, 9.17) is 10.9 Å². The minimum absolute atomic E-state index is 0.0474. The van der Waals surface area contributed by atoms with E-state index in [0.717, 1.165) is 6.07 Å². The van der Waals surface area contributed by atoms with Crippen LogP contribution in [0.1, 0.15) is 27.0 Å². The van der Waals surface area contributed by atoms with Gasteiger partial charge in [0.1, 0.15) is 6.54 Å². The van der Waals surface area contributed by atoms with Crippen LogP contribution in [0.4, 0.5) is 18.0 Å². The Morgan fingerprint density at radius 3 is 2.54 bits per heavy atom. The number of hydrogen-bond donors (Lipinski definition) is 3. The standard InChI is InChI=1S/C19H16F3N3O3/c20-19(21,22)16-9-2-1-7-15(16)12-24-17(26)14-8-3-5-13(11-14)6-4-10-25(28)18(23)27/h1-3,5,7-9,11,28H,10,12H2,(H2,23,27)(H,24,26). The largest absolute Gasteiger partial charge is 0.416 e. The number of alkyl halides is 3. The third kappa shape index (κ3) is 5.75. The molecule has 0 aromatic heterocycles. The van der Waals surface area contributed by atoms with Crippen molar-refractivity contribution in [1.29, 1.82) is 0 Å². The number of urea groups is 1. The number of carbonyl (C=O) groups is 2. The van der Waals surface area contributed by atoms with Crippen LogP contribution in [0.25, 0.3) is 0 Å². The summed E-state index contributed by atoms with van der Waals surface area (Å²) in [4.78, 5) is 22.9. The van der Waals surface area contributed by atoms with Crippen LogP contribution in [0.3, 0.4) is 0 Å². The number of nitrogens with two attached hydrogens (primary N) is 1. The molecule has 0 aliphatic rings. The third-order valence-corrected chi connectivity index (χ3v) is 3.60. The van der Waals surface area contributed by atoms with Gasteiger partial charge in [0.15, 0.2) is 0 Å². The lowest BCUT2D eigenvalue weighted by molar-refractivity contribution is -0.138. The molecule has 0 unspecified atom stereocenters. The first-order valence-electron chi connectivity index (χ1n) is 7.96. The second-order valence-corrected chi connectivity index (χ2v) is 5.62. The van der Waals surface area contributed by atoms with Gasteiger partial charge >= 0.3 is 12.2 Å². The van der Waals surface area contributed by atoms with Crippen LogP contribution in [0.2, 0.25) is 0 Å². The highest BCUT2D eigenvalue weighted by Gasteiger charge is 2.32. The Labute approximate surface area is 158 Å². The van der Waals surface area contributed by atoms with E-state index in [1.165, 1.54) is 30.3 Å². The van der Waals surface area contributed by atoms with Crippen molar-refractivity contribution in [3.8, 4) is 11.8 Å². The van der Waals surface area contributed by atoms with Crippen molar-refractivity contribution >= 4 is 11.9 Å². The first kappa shape index (κ1) is 20.8. The minimum atomic E-state index is -4.51. The van der Waals surface area contributed by atoms with E-state index in [9.17, 15) is 22.8 Å². The second-order valence-electron chi connectivity index (χ2n) is 5.62. The number of rotatable bonds is 4. The lowest BCUT2D eigenvalue weighted by Gasteiger charge is -2.13. The van der Waals surface area contributed by atoms with E-state index in [2.05, 4.69) is 17.2 Å². The molecule has 4 N–H and O–H groups in total. The molecule has 0 heterocycles. The van der Waals surface area contributed by atoms with Gasteiger partial charge in [0, 0.05) is 17.7 Å². The van der Waals surface area contributed by atoms with Gasteiger partial charge in [0.2, 0.25) is 0 Å². The minimum Gasteiger partial charge on any atom is -0.350 e. The molecule has 0 radical (unpaired) electrons. The Morgan fingerprint density at radius 1 is 1.14 bits per heavy atom. The lowest BCUT2D eigenvalue weighted by atomic mass is 10.1. The van der Waals surface area contributed by atoms with E-state index in [-0.39, 0.29) is 29.3 Å². The monoisotopic (exact) mass is 391 g/mol. The van der Waals surface area contributed by atoms with Gasteiger partial charge in [-0.25, -0.2) is 4.79 Å². The molecule has 3 amide bonds. The van der Waals surface area contributed by atoms with Crippen LogP contribution in [-0.4, -0.2) is 28.8 Å². The number of nitrogens with zero attached hydrogens (tertiary/aromatic N) is 1. The fraction of sp³-hybridized carbons (Fsp3) is 0.158. The zero-order valence-electron chi connectivity index (χ0n) is 14.5. The van der Waals surface area contributed by atoms with Gasteiger partial charge in [0.05, 0.1) is 5.56 Å². The molecule has 0 fully saturated rings. The molecule has 0 aliphatic carbocycles. The predicted octanol–water partition coefficient (Wildman–Crippen LogP) is 2.76. The molecule has 9 heteroatoms. The highest BCUT2D eigenvalue weighted by molar-refractivity contribution is 5.94. The SMILES string of the molecule is NC(=O)N(O)CC#Cc1cccc(C(=O)NCc2ccccc2C(F)(F)F)c1. The molecule has 0 aliphatic heterocycles. The highest BCUT2D eigenvalue weighted by Crippen LogP contribution is 2.31. The third-order valence-electron chi connectivity index (χ3n) is 3.60. The van der Waals surface area contributed by atoms with Crippen molar-refractivity contribution < 1.29 is 28.0 Å². The molecule has 2 rings (SSSR count). The molecule has 2 aromatic carbocycles. The van der Waals surface area contributed by atoms with Crippen molar-refractivity contribution in [2.45, 2.75) is 12.7 Å². The highest BCUT2D eigenvalue weighted by atomic mass is 19.4. The summed E-state index contributed by atoms with van der Waals surface area (Å²) in [7, 11) is 0. The lowest BCUT2D eigenvalue weighted by Crippen LogP contribution is -2.32.